The van der Waals surface area contributed by atoms with E-state index in [2.05, 4.69) is 9.97 Å². The number of thiazole rings is 1. The van der Waals surface area contributed by atoms with Gasteiger partial charge in [-0.15, -0.1) is 11.3 Å². The summed E-state index contributed by atoms with van der Waals surface area (Å²) in [6, 6.07) is 1.82. The molecule has 2 aromatic heterocycles. The Morgan fingerprint density at radius 1 is 1.47 bits per heavy atom. The molecule has 0 atom stereocenters. The van der Waals surface area contributed by atoms with Crippen LogP contribution in [0.1, 0.15) is 26.9 Å². The normalized spacial score (nSPS) is 10.5. The number of nitrogens with two attached hydrogens (primary N) is 1. The van der Waals surface area contributed by atoms with Crippen molar-refractivity contribution in [3.05, 3.63) is 44.0 Å². The molecule has 3 N–H and O–H groups in total. The van der Waals surface area contributed by atoms with Gasteiger partial charge < -0.3 is 0 Å². The number of carbonyl (C=O) groups excluding carboxylic acids is 1. The van der Waals surface area contributed by atoms with E-state index in [0.717, 1.165) is 5.69 Å². The summed E-state index contributed by atoms with van der Waals surface area (Å²) in [5.74, 6) is 4.59. The molecule has 1 amide bonds. The lowest BCUT2D eigenvalue weighted by atomic mass is 10.3. The lowest BCUT2D eigenvalue weighted by Gasteiger charge is -2.07. The molecule has 7 nitrogen and oxygen atoms in total. The van der Waals surface area contributed by atoms with Crippen LogP contribution in [0.15, 0.2) is 16.2 Å². The highest BCUT2D eigenvalue weighted by molar-refractivity contribution is 7.11. The summed E-state index contributed by atoms with van der Waals surface area (Å²) in [4.78, 5) is 31.1. The van der Waals surface area contributed by atoms with E-state index >= 15 is 0 Å². The Morgan fingerprint density at radius 3 is 2.84 bits per heavy atom. The van der Waals surface area contributed by atoms with E-state index in [-0.39, 0.29) is 17.2 Å². The van der Waals surface area contributed by atoms with E-state index in [4.69, 9.17) is 5.84 Å². The van der Waals surface area contributed by atoms with Crippen molar-refractivity contribution in [1.29, 1.82) is 0 Å². The van der Waals surface area contributed by atoms with Gasteiger partial charge in [0.2, 0.25) is 0 Å². The van der Waals surface area contributed by atoms with Crippen LogP contribution in [0, 0.1) is 13.8 Å². The maximum Gasteiger partial charge on any atom is 0.348 e. The third-order valence-corrected chi connectivity index (χ3v) is 3.43. The second kappa shape index (κ2) is 5.29. The molecule has 0 unspecified atom stereocenters. The fourth-order valence-electron chi connectivity index (χ4n) is 1.67. The van der Waals surface area contributed by atoms with Crippen LogP contribution in [0.5, 0.6) is 0 Å². The van der Waals surface area contributed by atoms with Crippen LogP contribution in [0.25, 0.3) is 0 Å². The lowest BCUT2D eigenvalue weighted by molar-refractivity contribution is 0.0953. The summed E-state index contributed by atoms with van der Waals surface area (Å²) >= 11 is 1.18. The Morgan fingerprint density at radius 2 is 2.21 bits per heavy atom. The van der Waals surface area contributed by atoms with Crippen molar-refractivity contribution in [2.24, 2.45) is 5.84 Å². The molecule has 0 fully saturated rings. The number of hydrogen-bond donors (Lipinski definition) is 2. The van der Waals surface area contributed by atoms with Crippen molar-refractivity contribution < 1.29 is 4.79 Å². The second-order valence-electron chi connectivity index (χ2n) is 4.03. The van der Waals surface area contributed by atoms with E-state index < -0.39 is 5.91 Å². The highest BCUT2D eigenvalue weighted by Gasteiger charge is 2.11. The molecule has 2 heterocycles. The van der Waals surface area contributed by atoms with E-state index in [0.29, 0.717) is 11.4 Å². The molecule has 0 radical (unpaired) electrons. The SMILES string of the molecule is Cc1cc(C)n(Cc2csc(C(=O)NN)n2)c(=O)n1. The Balaban J connectivity index is 2.29. The van der Waals surface area contributed by atoms with Crippen LogP contribution in [-0.2, 0) is 6.54 Å². The molecule has 8 heteroatoms. The third-order valence-electron chi connectivity index (χ3n) is 2.54. The minimum absolute atomic E-state index is 0.267. The van der Waals surface area contributed by atoms with Gasteiger partial charge in [0.1, 0.15) is 0 Å². The Labute approximate surface area is 113 Å². The van der Waals surface area contributed by atoms with Crippen molar-refractivity contribution in [3.63, 3.8) is 0 Å². The number of hydrazine groups is 1. The summed E-state index contributed by atoms with van der Waals surface area (Å²) in [5, 5.41) is 1.99. The first-order chi connectivity index (χ1) is 9.01. The average molecular weight is 279 g/mol. The number of amides is 1. The molecule has 0 saturated heterocycles. The summed E-state index contributed by atoms with van der Waals surface area (Å²) in [6.45, 7) is 3.88. The summed E-state index contributed by atoms with van der Waals surface area (Å²) in [7, 11) is 0. The predicted molar refractivity (Wildman–Crippen MR) is 70.8 cm³/mol. The number of nitrogens with one attached hydrogen (secondary N) is 1. The standard InChI is InChI=1S/C11H13N5O2S/c1-6-3-7(2)16(11(18)13-6)4-8-5-19-10(14-8)9(17)15-12/h3,5H,4,12H2,1-2H3,(H,15,17). The first-order valence-electron chi connectivity index (χ1n) is 5.51. The van der Waals surface area contributed by atoms with Gasteiger partial charge in [0.15, 0.2) is 5.01 Å². The minimum Gasteiger partial charge on any atom is -0.291 e. The minimum atomic E-state index is -0.442. The number of aryl methyl sites for hydroxylation is 2. The van der Waals surface area contributed by atoms with Crippen LogP contribution in [-0.4, -0.2) is 20.4 Å². The largest absolute Gasteiger partial charge is 0.348 e. The molecule has 0 saturated carbocycles. The highest BCUT2D eigenvalue weighted by Crippen LogP contribution is 2.11. The molecule has 2 aromatic rings. The summed E-state index contributed by atoms with van der Waals surface area (Å²) in [5.41, 5.74) is 3.80. The second-order valence-corrected chi connectivity index (χ2v) is 4.88. The van der Waals surface area contributed by atoms with Gasteiger partial charge in [-0.2, -0.15) is 4.98 Å². The number of carbonyl (C=O) groups is 1. The molecule has 0 aliphatic rings. The van der Waals surface area contributed by atoms with Crippen molar-refractivity contribution in [2.75, 3.05) is 0 Å². The Hall–Kier alpha value is -2.06. The zero-order valence-electron chi connectivity index (χ0n) is 10.5. The van der Waals surface area contributed by atoms with Crippen LogP contribution in [0.4, 0.5) is 0 Å². The maximum atomic E-state index is 11.8. The van der Waals surface area contributed by atoms with E-state index in [9.17, 15) is 9.59 Å². The van der Waals surface area contributed by atoms with Crippen molar-refractivity contribution >= 4 is 17.2 Å². The number of nitrogen functional groups attached to an aromatic ring is 1. The maximum absolute atomic E-state index is 11.8. The van der Waals surface area contributed by atoms with Crippen LogP contribution < -0.4 is 17.0 Å². The summed E-state index contributed by atoms with van der Waals surface area (Å²) in [6.07, 6.45) is 0. The number of aromatic nitrogens is 3. The third kappa shape index (κ3) is 2.85. The topological polar surface area (TPSA) is 103 Å². The van der Waals surface area contributed by atoms with E-state index in [1.165, 1.54) is 15.9 Å². The number of nitrogens with zero attached hydrogens (tertiary/aromatic N) is 3. The fourth-order valence-corrected chi connectivity index (χ4v) is 2.39. The predicted octanol–water partition coefficient (Wildman–Crippen LogP) is -0.0316. The zero-order chi connectivity index (χ0) is 14.0. The number of rotatable bonds is 3. The van der Waals surface area contributed by atoms with Crippen molar-refractivity contribution in [3.8, 4) is 0 Å². The van der Waals surface area contributed by atoms with Gasteiger partial charge in [0.25, 0.3) is 5.91 Å². The molecule has 2 rings (SSSR count). The summed E-state index contributed by atoms with van der Waals surface area (Å²) < 4.78 is 1.51. The van der Waals surface area contributed by atoms with Crippen LogP contribution in [0.3, 0.4) is 0 Å². The fraction of sp³-hybridized carbons (Fsp3) is 0.273. The van der Waals surface area contributed by atoms with Gasteiger partial charge >= 0.3 is 5.69 Å². The monoisotopic (exact) mass is 279 g/mol. The molecule has 0 spiro atoms. The Kier molecular flexibility index (Phi) is 3.72. The first-order valence-corrected chi connectivity index (χ1v) is 6.39. The van der Waals surface area contributed by atoms with Gasteiger partial charge in [0, 0.05) is 16.8 Å². The molecule has 0 bridgehead atoms. The van der Waals surface area contributed by atoms with Gasteiger partial charge in [0.05, 0.1) is 12.2 Å². The molecular weight excluding hydrogens is 266 g/mol. The van der Waals surface area contributed by atoms with E-state index in [1.54, 1.807) is 12.3 Å². The zero-order valence-corrected chi connectivity index (χ0v) is 11.3. The molecular formula is C11H13N5O2S. The van der Waals surface area contributed by atoms with Crippen molar-refractivity contribution in [2.45, 2.75) is 20.4 Å². The molecule has 0 aliphatic carbocycles. The first kappa shape index (κ1) is 13.4. The Bertz CT molecular complexity index is 676. The number of hydrogen-bond acceptors (Lipinski definition) is 6. The average Bonchev–Trinajstić information content (AvgIpc) is 2.81. The molecule has 0 aromatic carbocycles. The van der Waals surface area contributed by atoms with Gasteiger partial charge in [-0.3, -0.25) is 14.8 Å². The molecule has 100 valence electrons. The highest BCUT2D eigenvalue weighted by atomic mass is 32.1. The van der Waals surface area contributed by atoms with Gasteiger partial charge in [-0.25, -0.2) is 15.6 Å². The van der Waals surface area contributed by atoms with Crippen LogP contribution in [0.2, 0.25) is 0 Å². The van der Waals surface area contributed by atoms with Crippen LogP contribution >= 0.6 is 11.3 Å². The lowest BCUT2D eigenvalue weighted by Crippen LogP contribution is -2.30. The molecule has 0 aliphatic heterocycles. The van der Waals surface area contributed by atoms with E-state index in [1.807, 2.05) is 18.4 Å². The molecule has 19 heavy (non-hydrogen) atoms. The quantitative estimate of drug-likeness (QED) is 0.466. The van der Waals surface area contributed by atoms with Gasteiger partial charge in [-0.1, -0.05) is 0 Å². The van der Waals surface area contributed by atoms with Gasteiger partial charge in [-0.05, 0) is 19.9 Å². The smallest absolute Gasteiger partial charge is 0.291 e. The van der Waals surface area contributed by atoms with Crippen molar-refractivity contribution in [1.82, 2.24) is 20.0 Å².